The molecule has 1 N–H and O–H groups in total. The van der Waals surface area contributed by atoms with Crippen molar-refractivity contribution in [3.8, 4) is 0 Å². The predicted molar refractivity (Wildman–Crippen MR) is 140 cm³/mol. The number of piperazine rings is 1. The SMILES string of the molecule is Cc1ccc2c(N3CCN(CCc4cccc(NC(=O)c5ccccc5)c4)CC3)cccc2n1. The molecular formula is C29H30N4O. The molecule has 4 aromatic rings. The smallest absolute Gasteiger partial charge is 0.255 e. The number of hydrogen-bond acceptors (Lipinski definition) is 4. The number of nitrogens with one attached hydrogen (secondary N) is 1. The molecule has 5 heteroatoms. The van der Waals surface area contributed by atoms with Crippen LogP contribution >= 0.6 is 0 Å². The Morgan fingerprint density at radius 1 is 0.882 bits per heavy atom. The first-order valence-electron chi connectivity index (χ1n) is 11.9. The van der Waals surface area contributed by atoms with Crippen LogP contribution in [0.4, 0.5) is 11.4 Å². The van der Waals surface area contributed by atoms with Gasteiger partial charge in [0.15, 0.2) is 0 Å². The summed E-state index contributed by atoms with van der Waals surface area (Å²) in [5.41, 5.74) is 6.16. The number of aromatic nitrogens is 1. The van der Waals surface area contributed by atoms with Gasteiger partial charge in [0.2, 0.25) is 0 Å². The van der Waals surface area contributed by atoms with Crippen LogP contribution < -0.4 is 10.2 Å². The molecule has 2 heterocycles. The molecule has 1 aliphatic rings. The van der Waals surface area contributed by atoms with E-state index in [9.17, 15) is 4.79 Å². The van der Waals surface area contributed by atoms with Crippen molar-refractivity contribution in [2.45, 2.75) is 13.3 Å². The van der Waals surface area contributed by atoms with Crippen LogP contribution in [0, 0.1) is 6.92 Å². The number of nitrogens with zero attached hydrogens (tertiary/aromatic N) is 3. The van der Waals surface area contributed by atoms with E-state index < -0.39 is 0 Å². The molecule has 1 saturated heterocycles. The van der Waals surface area contributed by atoms with Crippen molar-refractivity contribution in [2.75, 3.05) is 42.9 Å². The zero-order valence-electron chi connectivity index (χ0n) is 19.6. The van der Waals surface area contributed by atoms with E-state index in [4.69, 9.17) is 0 Å². The standard InChI is InChI=1S/C29H30N4O/c1-22-13-14-26-27(30-22)11-6-12-28(26)33-19-17-32(18-20-33)16-15-23-7-5-10-25(21-23)31-29(34)24-8-3-2-4-9-24/h2-14,21H,15-20H2,1H3,(H,31,34). The van der Waals surface area contributed by atoms with Crippen LogP contribution in [-0.2, 0) is 6.42 Å². The number of carbonyl (C=O) groups is 1. The van der Waals surface area contributed by atoms with E-state index in [-0.39, 0.29) is 5.91 Å². The minimum absolute atomic E-state index is 0.0762. The number of pyridine rings is 1. The third-order valence-electron chi connectivity index (χ3n) is 6.50. The topological polar surface area (TPSA) is 48.5 Å². The summed E-state index contributed by atoms with van der Waals surface area (Å²) >= 11 is 0. The molecule has 1 fully saturated rings. The molecule has 0 aliphatic carbocycles. The maximum atomic E-state index is 12.4. The first-order valence-corrected chi connectivity index (χ1v) is 11.9. The maximum Gasteiger partial charge on any atom is 0.255 e. The summed E-state index contributed by atoms with van der Waals surface area (Å²) in [4.78, 5) is 22.1. The molecule has 5 nitrogen and oxygen atoms in total. The van der Waals surface area contributed by atoms with Gasteiger partial charge in [-0.05, 0) is 67.4 Å². The normalized spacial score (nSPS) is 14.3. The molecule has 34 heavy (non-hydrogen) atoms. The Morgan fingerprint density at radius 3 is 2.50 bits per heavy atom. The van der Waals surface area contributed by atoms with Gasteiger partial charge in [-0.1, -0.05) is 36.4 Å². The zero-order valence-corrected chi connectivity index (χ0v) is 19.6. The predicted octanol–water partition coefficient (Wildman–Crippen LogP) is 5.16. The second-order valence-electron chi connectivity index (χ2n) is 8.90. The average molecular weight is 451 g/mol. The number of fused-ring (bicyclic) bond motifs is 1. The first-order chi connectivity index (χ1) is 16.7. The van der Waals surface area contributed by atoms with Gasteiger partial charge in [0.05, 0.1) is 5.52 Å². The summed E-state index contributed by atoms with van der Waals surface area (Å²) < 4.78 is 0. The fraction of sp³-hybridized carbons (Fsp3) is 0.241. The third kappa shape index (κ3) is 5.10. The van der Waals surface area contributed by atoms with E-state index in [0.29, 0.717) is 5.56 Å². The maximum absolute atomic E-state index is 12.4. The summed E-state index contributed by atoms with van der Waals surface area (Å²) in [6.45, 7) is 7.17. The summed E-state index contributed by atoms with van der Waals surface area (Å²) in [7, 11) is 0. The van der Waals surface area contributed by atoms with Crippen LogP contribution in [-0.4, -0.2) is 48.5 Å². The number of benzene rings is 3. The van der Waals surface area contributed by atoms with Crippen molar-refractivity contribution in [3.05, 3.63) is 102 Å². The molecule has 0 bridgehead atoms. The third-order valence-corrected chi connectivity index (χ3v) is 6.50. The Hall–Kier alpha value is -3.70. The highest BCUT2D eigenvalue weighted by atomic mass is 16.1. The largest absolute Gasteiger partial charge is 0.368 e. The molecular weight excluding hydrogens is 420 g/mol. The molecule has 5 rings (SSSR count). The number of rotatable bonds is 6. The lowest BCUT2D eigenvalue weighted by Gasteiger charge is -2.36. The molecule has 1 amide bonds. The van der Waals surface area contributed by atoms with Crippen molar-refractivity contribution in [3.63, 3.8) is 0 Å². The quantitative estimate of drug-likeness (QED) is 0.441. The Morgan fingerprint density at radius 2 is 1.68 bits per heavy atom. The number of hydrogen-bond donors (Lipinski definition) is 1. The Bertz CT molecular complexity index is 1280. The van der Waals surface area contributed by atoms with E-state index in [2.05, 4.69) is 62.6 Å². The lowest BCUT2D eigenvalue weighted by atomic mass is 10.1. The van der Waals surface area contributed by atoms with Crippen molar-refractivity contribution in [1.29, 1.82) is 0 Å². The minimum atomic E-state index is -0.0762. The number of carbonyl (C=O) groups excluding carboxylic acids is 1. The van der Waals surface area contributed by atoms with Crippen LogP contribution in [0.1, 0.15) is 21.6 Å². The molecule has 0 unspecified atom stereocenters. The van der Waals surface area contributed by atoms with Gasteiger partial charge in [-0.15, -0.1) is 0 Å². The van der Waals surface area contributed by atoms with Gasteiger partial charge >= 0.3 is 0 Å². The molecule has 3 aromatic carbocycles. The fourth-order valence-electron chi connectivity index (χ4n) is 4.61. The van der Waals surface area contributed by atoms with E-state index in [1.165, 1.54) is 16.6 Å². The second-order valence-corrected chi connectivity index (χ2v) is 8.90. The van der Waals surface area contributed by atoms with E-state index in [1.54, 1.807) is 0 Å². The molecule has 172 valence electrons. The van der Waals surface area contributed by atoms with Gasteiger partial charge in [0.1, 0.15) is 0 Å². The Balaban J connectivity index is 1.16. The van der Waals surface area contributed by atoms with Gasteiger partial charge in [-0.2, -0.15) is 0 Å². The van der Waals surface area contributed by atoms with Crippen molar-refractivity contribution >= 4 is 28.2 Å². The molecule has 1 aliphatic heterocycles. The monoisotopic (exact) mass is 450 g/mol. The zero-order chi connectivity index (χ0) is 23.3. The number of aryl methyl sites for hydroxylation is 1. The van der Waals surface area contributed by atoms with E-state index in [0.717, 1.165) is 56.0 Å². The Labute approximate surface area is 201 Å². The highest BCUT2D eigenvalue weighted by Crippen LogP contribution is 2.27. The van der Waals surface area contributed by atoms with E-state index >= 15 is 0 Å². The summed E-state index contributed by atoms with van der Waals surface area (Å²) in [6.07, 6.45) is 0.965. The highest BCUT2D eigenvalue weighted by molar-refractivity contribution is 6.04. The lowest BCUT2D eigenvalue weighted by molar-refractivity contribution is 0.102. The van der Waals surface area contributed by atoms with E-state index in [1.807, 2.05) is 49.4 Å². The summed E-state index contributed by atoms with van der Waals surface area (Å²) in [5.74, 6) is -0.0762. The molecule has 0 spiro atoms. The van der Waals surface area contributed by atoms with Gasteiger partial charge in [-0.25, -0.2) is 0 Å². The van der Waals surface area contributed by atoms with Gasteiger partial charge < -0.3 is 10.2 Å². The minimum Gasteiger partial charge on any atom is -0.368 e. The second kappa shape index (κ2) is 10.1. The van der Waals surface area contributed by atoms with Crippen LogP contribution in [0.5, 0.6) is 0 Å². The molecule has 1 aromatic heterocycles. The number of amides is 1. The number of anilines is 2. The molecule has 0 atom stereocenters. The highest BCUT2D eigenvalue weighted by Gasteiger charge is 2.19. The van der Waals surface area contributed by atoms with Gasteiger partial charge in [-0.3, -0.25) is 14.7 Å². The first kappa shape index (κ1) is 22.1. The lowest BCUT2D eigenvalue weighted by Crippen LogP contribution is -2.47. The van der Waals surface area contributed by atoms with Crippen molar-refractivity contribution in [2.24, 2.45) is 0 Å². The molecule has 0 radical (unpaired) electrons. The summed E-state index contributed by atoms with van der Waals surface area (Å²) in [6, 6.07) is 28.2. The summed E-state index contributed by atoms with van der Waals surface area (Å²) in [5, 5.41) is 4.25. The van der Waals surface area contributed by atoms with Crippen LogP contribution in [0.3, 0.4) is 0 Å². The molecule has 0 saturated carbocycles. The van der Waals surface area contributed by atoms with Crippen molar-refractivity contribution < 1.29 is 4.79 Å². The fourth-order valence-corrected chi connectivity index (χ4v) is 4.61. The van der Waals surface area contributed by atoms with Crippen molar-refractivity contribution in [1.82, 2.24) is 9.88 Å². The van der Waals surface area contributed by atoms with Crippen LogP contribution in [0.25, 0.3) is 10.9 Å². The van der Waals surface area contributed by atoms with Crippen LogP contribution in [0.2, 0.25) is 0 Å². The van der Waals surface area contributed by atoms with Gasteiger partial charge in [0, 0.05) is 60.7 Å². The van der Waals surface area contributed by atoms with Gasteiger partial charge in [0.25, 0.3) is 5.91 Å². The average Bonchev–Trinajstić information content (AvgIpc) is 2.88. The Kier molecular flexibility index (Phi) is 6.54. The van der Waals surface area contributed by atoms with Crippen LogP contribution in [0.15, 0.2) is 84.9 Å².